The number of likely N-dealkylation sites (N-methyl/N-ethyl adjacent to an activating group) is 1. The Morgan fingerprint density at radius 3 is 2.43 bits per heavy atom. The van der Waals surface area contributed by atoms with Crippen molar-refractivity contribution in [3.05, 3.63) is 35.9 Å². The summed E-state index contributed by atoms with van der Waals surface area (Å²) >= 11 is 0. The predicted molar refractivity (Wildman–Crippen MR) is 119 cm³/mol. The summed E-state index contributed by atoms with van der Waals surface area (Å²) in [6.45, 7) is 10.8. The van der Waals surface area contributed by atoms with Crippen LogP contribution in [0.5, 0.6) is 0 Å². The van der Waals surface area contributed by atoms with Crippen molar-refractivity contribution in [1.29, 1.82) is 0 Å². The van der Waals surface area contributed by atoms with Gasteiger partial charge in [0.25, 0.3) is 0 Å². The minimum atomic E-state index is -0.00153. The van der Waals surface area contributed by atoms with Gasteiger partial charge in [-0.05, 0) is 51.4 Å². The van der Waals surface area contributed by atoms with Gasteiger partial charge in [0.15, 0.2) is 5.96 Å². The molecule has 0 aliphatic carbocycles. The summed E-state index contributed by atoms with van der Waals surface area (Å²) in [7, 11) is 3.51. The highest BCUT2D eigenvalue weighted by atomic mass is 16.2. The van der Waals surface area contributed by atoms with E-state index in [1.165, 1.54) is 5.56 Å². The van der Waals surface area contributed by atoms with Crippen LogP contribution >= 0.6 is 0 Å². The topological polar surface area (TPSA) is 60.0 Å². The van der Waals surface area contributed by atoms with E-state index in [0.29, 0.717) is 12.0 Å². The maximum atomic E-state index is 11.9. The molecule has 1 amide bonds. The first-order valence-corrected chi connectivity index (χ1v) is 10.5. The molecule has 6 heteroatoms. The normalized spacial score (nSPS) is 12.7. The lowest BCUT2D eigenvalue weighted by Gasteiger charge is -2.21. The first-order chi connectivity index (χ1) is 13.5. The molecule has 0 aliphatic heterocycles. The van der Waals surface area contributed by atoms with Gasteiger partial charge in [0.05, 0.1) is 0 Å². The molecule has 0 heterocycles. The molecule has 0 saturated heterocycles. The van der Waals surface area contributed by atoms with Crippen molar-refractivity contribution in [2.75, 3.05) is 46.8 Å². The van der Waals surface area contributed by atoms with Crippen LogP contribution in [0.4, 0.5) is 0 Å². The second kappa shape index (κ2) is 14.0. The van der Waals surface area contributed by atoms with Crippen LogP contribution in [0.15, 0.2) is 35.3 Å². The Labute approximate surface area is 171 Å². The van der Waals surface area contributed by atoms with Crippen molar-refractivity contribution < 1.29 is 4.79 Å². The van der Waals surface area contributed by atoms with Crippen LogP contribution in [-0.4, -0.2) is 74.5 Å². The molecule has 0 saturated carbocycles. The fourth-order valence-corrected chi connectivity index (χ4v) is 2.88. The molecule has 0 aliphatic rings. The van der Waals surface area contributed by atoms with E-state index in [-0.39, 0.29) is 12.5 Å². The van der Waals surface area contributed by atoms with E-state index in [1.807, 2.05) is 6.07 Å². The quantitative estimate of drug-likeness (QED) is 0.426. The Morgan fingerprint density at radius 2 is 1.82 bits per heavy atom. The lowest BCUT2D eigenvalue weighted by Crippen LogP contribution is -2.44. The molecule has 28 heavy (non-hydrogen) atoms. The second-order valence-electron chi connectivity index (χ2n) is 7.33. The number of nitrogens with zero attached hydrogens (tertiary/aromatic N) is 3. The summed E-state index contributed by atoms with van der Waals surface area (Å²) in [5.74, 6) is 0.708. The van der Waals surface area contributed by atoms with Crippen molar-refractivity contribution in [2.45, 2.75) is 46.1 Å². The first-order valence-electron chi connectivity index (χ1n) is 10.5. The Kier molecular flexibility index (Phi) is 12.0. The summed E-state index contributed by atoms with van der Waals surface area (Å²) in [5, 5.41) is 6.83. The minimum Gasteiger partial charge on any atom is -0.356 e. The zero-order valence-electron chi connectivity index (χ0n) is 18.4. The maximum absolute atomic E-state index is 11.9. The third-order valence-corrected chi connectivity index (χ3v) is 4.81. The molecule has 1 rings (SSSR count). The summed E-state index contributed by atoms with van der Waals surface area (Å²) in [5.41, 5.74) is 1.28. The molecule has 0 spiro atoms. The van der Waals surface area contributed by atoms with Gasteiger partial charge < -0.3 is 20.4 Å². The van der Waals surface area contributed by atoms with Gasteiger partial charge >= 0.3 is 0 Å². The van der Waals surface area contributed by atoms with Gasteiger partial charge in [-0.1, -0.05) is 44.2 Å². The number of hydrogen-bond acceptors (Lipinski definition) is 3. The van der Waals surface area contributed by atoms with Crippen LogP contribution in [0, 0.1) is 0 Å². The van der Waals surface area contributed by atoms with E-state index < -0.39 is 0 Å². The predicted octanol–water partition coefficient (Wildman–Crippen LogP) is 2.36. The molecular formula is C22H39N5O. The first kappa shape index (κ1) is 24.0. The SMILES string of the molecule is CCN(CC)CCCC(C)NC(=NCC(=O)N(C)C)NCCc1ccccc1. The second-order valence-corrected chi connectivity index (χ2v) is 7.33. The van der Waals surface area contributed by atoms with Gasteiger partial charge in [-0.3, -0.25) is 4.79 Å². The number of guanidine groups is 1. The van der Waals surface area contributed by atoms with E-state index in [9.17, 15) is 4.79 Å². The highest BCUT2D eigenvalue weighted by Crippen LogP contribution is 2.01. The Morgan fingerprint density at radius 1 is 1.14 bits per heavy atom. The molecule has 1 aromatic carbocycles. The number of rotatable bonds is 12. The molecule has 0 radical (unpaired) electrons. The molecule has 6 nitrogen and oxygen atoms in total. The molecular weight excluding hydrogens is 350 g/mol. The van der Waals surface area contributed by atoms with Crippen LogP contribution in [0.2, 0.25) is 0 Å². The van der Waals surface area contributed by atoms with Crippen molar-refractivity contribution in [1.82, 2.24) is 20.4 Å². The third-order valence-electron chi connectivity index (χ3n) is 4.81. The minimum absolute atomic E-state index is 0.00153. The Hall–Kier alpha value is -2.08. The van der Waals surface area contributed by atoms with Gasteiger partial charge in [0.1, 0.15) is 6.54 Å². The molecule has 1 aromatic rings. The van der Waals surface area contributed by atoms with Crippen LogP contribution < -0.4 is 10.6 Å². The van der Waals surface area contributed by atoms with E-state index in [0.717, 1.165) is 45.4 Å². The lowest BCUT2D eigenvalue weighted by molar-refractivity contribution is -0.127. The average Bonchev–Trinajstić information content (AvgIpc) is 2.69. The number of hydrogen-bond donors (Lipinski definition) is 2. The summed E-state index contributed by atoms with van der Waals surface area (Å²) in [6, 6.07) is 10.7. The molecule has 1 unspecified atom stereocenters. The van der Waals surface area contributed by atoms with E-state index in [2.05, 4.69) is 65.6 Å². The molecule has 158 valence electrons. The molecule has 0 fully saturated rings. The third kappa shape index (κ3) is 10.3. The van der Waals surface area contributed by atoms with Gasteiger partial charge in [-0.15, -0.1) is 0 Å². The molecule has 1 atom stereocenters. The summed E-state index contributed by atoms with van der Waals surface area (Å²) in [6.07, 6.45) is 3.13. The Balaban J connectivity index is 2.53. The monoisotopic (exact) mass is 389 g/mol. The van der Waals surface area contributed by atoms with Crippen molar-refractivity contribution >= 4 is 11.9 Å². The number of nitrogens with one attached hydrogen (secondary N) is 2. The number of aliphatic imine (C=N–C) groups is 1. The van der Waals surface area contributed by atoms with E-state index >= 15 is 0 Å². The van der Waals surface area contributed by atoms with Gasteiger partial charge in [-0.25, -0.2) is 4.99 Å². The number of amides is 1. The fourth-order valence-electron chi connectivity index (χ4n) is 2.88. The molecule has 0 aromatic heterocycles. The highest BCUT2D eigenvalue weighted by Gasteiger charge is 2.09. The van der Waals surface area contributed by atoms with Gasteiger partial charge in [-0.2, -0.15) is 0 Å². The Bertz CT molecular complexity index is 570. The van der Waals surface area contributed by atoms with Crippen LogP contribution in [0.25, 0.3) is 0 Å². The molecule has 0 bridgehead atoms. The summed E-state index contributed by atoms with van der Waals surface area (Å²) in [4.78, 5) is 20.4. The van der Waals surface area contributed by atoms with Gasteiger partial charge in [0, 0.05) is 26.7 Å². The van der Waals surface area contributed by atoms with Crippen LogP contribution in [0.1, 0.15) is 39.2 Å². The zero-order chi connectivity index (χ0) is 20.8. The maximum Gasteiger partial charge on any atom is 0.243 e. The molecule has 2 N–H and O–H groups in total. The van der Waals surface area contributed by atoms with Crippen molar-refractivity contribution in [2.24, 2.45) is 4.99 Å². The standard InChI is InChI=1S/C22H39N5O/c1-6-27(7-2)17-11-12-19(3)25-22(24-18-21(28)26(4)5)23-16-15-20-13-9-8-10-14-20/h8-10,13-14,19H,6-7,11-12,15-18H2,1-5H3,(H2,23,24,25). The van der Waals surface area contributed by atoms with Crippen LogP contribution in [-0.2, 0) is 11.2 Å². The number of carbonyl (C=O) groups excluding carboxylic acids is 1. The number of carbonyl (C=O) groups is 1. The zero-order valence-corrected chi connectivity index (χ0v) is 18.4. The number of benzene rings is 1. The lowest BCUT2D eigenvalue weighted by atomic mass is 10.1. The smallest absolute Gasteiger partial charge is 0.243 e. The summed E-state index contributed by atoms with van der Waals surface area (Å²) < 4.78 is 0. The highest BCUT2D eigenvalue weighted by molar-refractivity contribution is 5.84. The largest absolute Gasteiger partial charge is 0.356 e. The van der Waals surface area contributed by atoms with Crippen LogP contribution in [0.3, 0.4) is 0 Å². The van der Waals surface area contributed by atoms with Crippen molar-refractivity contribution in [3.63, 3.8) is 0 Å². The van der Waals surface area contributed by atoms with Crippen molar-refractivity contribution in [3.8, 4) is 0 Å². The van der Waals surface area contributed by atoms with E-state index in [4.69, 9.17) is 0 Å². The van der Waals surface area contributed by atoms with E-state index in [1.54, 1.807) is 19.0 Å². The fraction of sp³-hybridized carbons (Fsp3) is 0.636. The van der Waals surface area contributed by atoms with Gasteiger partial charge in [0.2, 0.25) is 5.91 Å². The average molecular weight is 390 g/mol.